The molecule has 4 aromatic rings. The molecule has 0 unspecified atom stereocenters. The Labute approximate surface area is 225 Å². The molecule has 0 amide bonds. The van der Waals surface area contributed by atoms with Crippen molar-refractivity contribution >= 4 is 32.4 Å². The number of rotatable bonds is 7. The molecule has 1 aliphatic carbocycles. The predicted molar refractivity (Wildman–Crippen MR) is 154 cm³/mol. The summed E-state index contributed by atoms with van der Waals surface area (Å²) in [5, 5.41) is 1.19. The third-order valence-electron chi connectivity index (χ3n) is 8.16. The molecule has 0 atom stereocenters. The molecule has 0 radical (unpaired) electrons. The summed E-state index contributed by atoms with van der Waals surface area (Å²) < 4.78 is 25.9. The van der Waals surface area contributed by atoms with Gasteiger partial charge >= 0.3 is 0 Å². The van der Waals surface area contributed by atoms with E-state index in [0.29, 0.717) is 17.0 Å². The largest absolute Gasteiger partial charge is 0.368 e. The van der Waals surface area contributed by atoms with Crippen LogP contribution in [0.5, 0.6) is 0 Å². The molecule has 6 rings (SSSR count). The number of benzene rings is 2. The van der Waals surface area contributed by atoms with Gasteiger partial charge in [-0.05, 0) is 67.9 Å². The van der Waals surface area contributed by atoms with Crippen LogP contribution in [0, 0.1) is 0 Å². The van der Waals surface area contributed by atoms with Gasteiger partial charge in [0.15, 0.2) is 9.84 Å². The summed E-state index contributed by atoms with van der Waals surface area (Å²) in [5.41, 5.74) is 3.50. The Morgan fingerprint density at radius 2 is 1.55 bits per heavy atom. The van der Waals surface area contributed by atoms with Crippen molar-refractivity contribution in [2.45, 2.75) is 36.4 Å². The lowest BCUT2D eigenvalue weighted by molar-refractivity contribution is 0.102. The number of piperazine rings is 1. The SMILES string of the molecule is CN(Cc1ccccc1)[C@H]1C[C@@H](n2ccc3ccc(N4CCN(c5ccc(S(C)(=O)=O)cc5)CC4)nc32)C1. The van der Waals surface area contributed by atoms with E-state index in [-0.39, 0.29) is 0 Å². The molecular weight excluding hydrogens is 494 g/mol. The van der Waals surface area contributed by atoms with E-state index < -0.39 is 9.84 Å². The van der Waals surface area contributed by atoms with Gasteiger partial charge in [-0.25, -0.2) is 13.4 Å². The minimum atomic E-state index is -3.18. The van der Waals surface area contributed by atoms with Crippen molar-refractivity contribution in [1.29, 1.82) is 0 Å². The molecule has 2 aliphatic rings. The summed E-state index contributed by atoms with van der Waals surface area (Å²) in [4.78, 5) is 12.6. The number of hydrogen-bond donors (Lipinski definition) is 0. The van der Waals surface area contributed by atoms with Gasteiger partial charge < -0.3 is 14.4 Å². The average Bonchev–Trinajstić information content (AvgIpc) is 3.31. The van der Waals surface area contributed by atoms with Crippen molar-refractivity contribution in [2.24, 2.45) is 0 Å². The summed E-state index contributed by atoms with van der Waals surface area (Å²) in [6.45, 7) is 4.49. The Kier molecular flexibility index (Phi) is 6.61. The zero-order valence-electron chi connectivity index (χ0n) is 22.1. The number of aromatic nitrogens is 2. The lowest BCUT2D eigenvalue weighted by atomic mass is 9.85. The van der Waals surface area contributed by atoms with Crippen molar-refractivity contribution in [2.75, 3.05) is 49.3 Å². The predicted octanol–water partition coefficient (Wildman–Crippen LogP) is 4.60. The maximum Gasteiger partial charge on any atom is 0.175 e. The van der Waals surface area contributed by atoms with Crippen molar-refractivity contribution in [1.82, 2.24) is 14.5 Å². The highest BCUT2D eigenvalue weighted by Crippen LogP contribution is 2.38. The van der Waals surface area contributed by atoms with E-state index in [4.69, 9.17) is 4.98 Å². The van der Waals surface area contributed by atoms with Crippen molar-refractivity contribution in [3.63, 3.8) is 0 Å². The molecule has 7 nitrogen and oxygen atoms in total. The van der Waals surface area contributed by atoms with Crippen LogP contribution in [0.25, 0.3) is 11.0 Å². The lowest BCUT2D eigenvalue weighted by Gasteiger charge is -2.42. The Morgan fingerprint density at radius 1 is 0.868 bits per heavy atom. The molecule has 2 fully saturated rings. The highest BCUT2D eigenvalue weighted by Gasteiger charge is 2.34. The van der Waals surface area contributed by atoms with Crippen LogP contribution in [0.4, 0.5) is 11.5 Å². The van der Waals surface area contributed by atoms with Gasteiger partial charge in [0, 0.05) is 68.3 Å². The molecule has 1 aliphatic heterocycles. The number of anilines is 2. The van der Waals surface area contributed by atoms with Crippen molar-refractivity contribution in [3.8, 4) is 0 Å². The summed E-state index contributed by atoms with van der Waals surface area (Å²) in [5.74, 6) is 1.03. The molecular formula is C30H35N5O2S. The second-order valence-corrected chi connectivity index (χ2v) is 12.7. The van der Waals surface area contributed by atoms with Crippen LogP contribution in [0.2, 0.25) is 0 Å². The number of sulfone groups is 1. The highest BCUT2D eigenvalue weighted by atomic mass is 32.2. The normalized spacial score (nSPS) is 20.2. The first-order chi connectivity index (χ1) is 18.3. The first-order valence-electron chi connectivity index (χ1n) is 13.4. The van der Waals surface area contributed by atoms with Crippen LogP contribution in [0.3, 0.4) is 0 Å². The Hall–Kier alpha value is -3.36. The maximum absolute atomic E-state index is 11.8. The van der Waals surface area contributed by atoms with Crippen LogP contribution < -0.4 is 9.80 Å². The minimum absolute atomic E-state index is 0.362. The lowest BCUT2D eigenvalue weighted by Crippen LogP contribution is -2.46. The molecule has 38 heavy (non-hydrogen) atoms. The van der Waals surface area contributed by atoms with E-state index in [0.717, 1.165) is 62.7 Å². The number of fused-ring (bicyclic) bond motifs is 1. The molecule has 0 N–H and O–H groups in total. The van der Waals surface area contributed by atoms with Crippen LogP contribution in [-0.2, 0) is 16.4 Å². The molecule has 0 spiro atoms. The van der Waals surface area contributed by atoms with Crippen LogP contribution in [0.15, 0.2) is 83.9 Å². The van der Waals surface area contributed by atoms with Crippen molar-refractivity contribution < 1.29 is 8.42 Å². The van der Waals surface area contributed by atoms with Crippen LogP contribution in [-0.4, -0.2) is 68.4 Å². The number of hydrogen-bond acceptors (Lipinski definition) is 6. The van der Waals surface area contributed by atoms with E-state index in [2.05, 4.69) is 81.0 Å². The molecule has 1 saturated carbocycles. The molecule has 198 valence electrons. The molecule has 2 aromatic carbocycles. The zero-order chi connectivity index (χ0) is 26.3. The second kappa shape index (κ2) is 10.1. The van der Waals surface area contributed by atoms with E-state index in [1.807, 2.05) is 12.1 Å². The molecule has 1 saturated heterocycles. The monoisotopic (exact) mass is 529 g/mol. The summed E-state index contributed by atoms with van der Waals surface area (Å²) in [6, 6.07) is 25.5. The molecule has 2 aromatic heterocycles. The molecule has 8 heteroatoms. The third-order valence-corrected chi connectivity index (χ3v) is 9.29. The van der Waals surface area contributed by atoms with Gasteiger partial charge in [0.25, 0.3) is 0 Å². The van der Waals surface area contributed by atoms with Gasteiger partial charge in [-0.3, -0.25) is 4.90 Å². The van der Waals surface area contributed by atoms with E-state index in [1.165, 1.54) is 17.2 Å². The first-order valence-corrected chi connectivity index (χ1v) is 15.3. The topological polar surface area (TPSA) is 61.7 Å². The van der Waals surface area contributed by atoms with Gasteiger partial charge in [0.2, 0.25) is 0 Å². The second-order valence-electron chi connectivity index (χ2n) is 10.7. The van der Waals surface area contributed by atoms with Gasteiger partial charge in [0.05, 0.1) is 4.90 Å². The smallest absolute Gasteiger partial charge is 0.175 e. The van der Waals surface area contributed by atoms with Crippen LogP contribution in [0.1, 0.15) is 24.4 Å². The van der Waals surface area contributed by atoms with Crippen LogP contribution >= 0.6 is 0 Å². The molecule has 0 bridgehead atoms. The Bertz CT molecular complexity index is 1500. The fraction of sp³-hybridized carbons (Fsp3) is 0.367. The summed E-state index contributed by atoms with van der Waals surface area (Å²) >= 11 is 0. The standard InChI is InChI=1S/C30H35N5O2S/c1-32(22-23-6-4-3-5-7-23)26-20-27(21-26)35-15-14-24-8-13-29(31-30(24)35)34-18-16-33(17-19-34)25-9-11-28(12-10-25)38(2,36)37/h3-15,26-27H,16-22H2,1-2H3/t26-,27+. The Morgan fingerprint density at radius 3 is 2.24 bits per heavy atom. The third kappa shape index (κ3) is 5.02. The fourth-order valence-electron chi connectivity index (χ4n) is 5.73. The maximum atomic E-state index is 11.8. The summed E-state index contributed by atoms with van der Waals surface area (Å²) in [6.07, 6.45) is 5.75. The van der Waals surface area contributed by atoms with Gasteiger partial charge in [0.1, 0.15) is 11.5 Å². The number of nitrogens with zero attached hydrogens (tertiary/aromatic N) is 5. The first kappa shape index (κ1) is 24.9. The molecule has 3 heterocycles. The van der Waals surface area contributed by atoms with Gasteiger partial charge in [-0.1, -0.05) is 30.3 Å². The van der Waals surface area contributed by atoms with E-state index >= 15 is 0 Å². The Balaban J connectivity index is 1.09. The minimum Gasteiger partial charge on any atom is -0.368 e. The van der Waals surface area contributed by atoms with E-state index in [9.17, 15) is 8.42 Å². The zero-order valence-corrected chi connectivity index (χ0v) is 22.9. The van der Waals surface area contributed by atoms with Crippen molar-refractivity contribution in [3.05, 3.63) is 84.6 Å². The number of pyridine rings is 1. The average molecular weight is 530 g/mol. The quantitative estimate of drug-likeness (QED) is 0.349. The highest BCUT2D eigenvalue weighted by molar-refractivity contribution is 7.90. The summed E-state index contributed by atoms with van der Waals surface area (Å²) in [7, 11) is -0.942. The fourth-order valence-corrected chi connectivity index (χ4v) is 6.36. The van der Waals surface area contributed by atoms with Gasteiger partial charge in [-0.15, -0.1) is 0 Å². The van der Waals surface area contributed by atoms with Gasteiger partial charge in [-0.2, -0.15) is 0 Å². The van der Waals surface area contributed by atoms with E-state index in [1.54, 1.807) is 12.1 Å².